The largest absolute Gasteiger partial charge is 0.493 e. The van der Waals surface area contributed by atoms with Crippen LogP contribution in [0.15, 0.2) is 12.1 Å². The van der Waals surface area contributed by atoms with Crippen molar-refractivity contribution in [2.45, 2.75) is 74.1 Å². The first kappa shape index (κ1) is 17.5. The van der Waals surface area contributed by atoms with E-state index < -0.39 is 16.8 Å². The fourth-order valence-corrected chi connectivity index (χ4v) is 6.96. The Hall–Kier alpha value is -1.34. The molecular formula is C22H29NO5. The average Bonchev–Trinajstić information content (AvgIpc) is 3.04. The van der Waals surface area contributed by atoms with Gasteiger partial charge in [0.05, 0.1) is 30.8 Å². The molecule has 152 valence electrons. The van der Waals surface area contributed by atoms with Gasteiger partial charge < -0.3 is 29.0 Å². The summed E-state index contributed by atoms with van der Waals surface area (Å²) in [4.78, 5) is 2.33. The highest BCUT2D eigenvalue weighted by atomic mass is 16.7. The molecule has 2 spiro atoms. The number of nitrogens with zero attached hydrogens (tertiary/aromatic N) is 1. The van der Waals surface area contributed by atoms with Crippen molar-refractivity contribution in [1.29, 1.82) is 0 Å². The molecule has 2 saturated heterocycles. The molecule has 3 fully saturated rings. The van der Waals surface area contributed by atoms with Gasteiger partial charge in [-0.3, -0.25) is 0 Å². The van der Waals surface area contributed by atoms with Gasteiger partial charge in [-0.25, -0.2) is 0 Å². The molecule has 28 heavy (non-hydrogen) atoms. The van der Waals surface area contributed by atoms with Crippen LogP contribution in [0.1, 0.15) is 43.7 Å². The number of likely N-dealkylation sites (tertiary alicyclic amines) is 1. The summed E-state index contributed by atoms with van der Waals surface area (Å²) in [5.74, 6) is 0.725. The third-order valence-electron chi connectivity index (χ3n) is 8.21. The van der Waals surface area contributed by atoms with Crippen molar-refractivity contribution in [3.8, 4) is 11.5 Å². The maximum Gasteiger partial charge on any atom is 0.207 e. The second-order valence-electron chi connectivity index (χ2n) is 9.35. The maximum absolute atomic E-state index is 12.3. The monoisotopic (exact) mass is 387 g/mol. The number of benzene rings is 1. The van der Waals surface area contributed by atoms with Crippen LogP contribution in [0, 0.1) is 0 Å². The molecule has 2 bridgehead atoms. The van der Waals surface area contributed by atoms with Gasteiger partial charge in [0.2, 0.25) is 5.79 Å². The summed E-state index contributed by atoms with van der Waals surface area (Å²) >= 11 is 0. The number of hydrogen-bond donors (Lipinski definition) is 1. The van der Waals surface area contributed by atoms with Crippen LogP contribution in [-0.2, 0) is 21.3 Å². The third kappa shape index (κ3) is 1.80. The van der Waals surface area contributed by atoms with Crippen molar-refractivity contribution in [3.63, 3.8) is 0 Å². The summed E-state index contributed by atoms with van der Waals surface area (Å²) in [5, 5.41) is 12.3. The van der Waals surface area contributed by atoms with E-state index in [1.807, 2.05) is 6.07 Å². The van der Waals surface area contributed by atoms with Gasteiger partial charge in [0.1, 0.15) is 0 Å². The van der Waals surface area contributed by atoms with Gasteiger partial charge in [-0.05, 0) is 57.8 Å². The fraction of sp³-hybridized carbons (Fsp3) is 0.727. The summed E-state index contributed by atoms with van der Waals surface area (Å²) in [6, 6.07) is 4.24. The SMILES string of the molecule is COc1ccc2c3c1OC1[C@@]4(CCC5(O)[C@@H](C2)N(C)CC[C@]315)OCC[C@H](C)O4. The van der Waals surface area contributed by atoms with Crippen molar-refractivity contribution in [2.75, 3.05) is 27.3 Å². The van der Waals surface area contributed by atoms with E-state index in [-0.39, 0.29) is 18.2 Å². The number of methoxy groups -OCH3 is 1. The lowest BCUT2D eigenvalue weighted by molar-refractivity contribution is -0.364. The van der Waals surface area contributed by atoms with Crippen molar-refractivity contribution in [1.82, 2.24) is 4.90 Å². The minimum absolute atomic E-state index is 0.0811. The molecule has 6 nitrogen and oxygen atoms in total. The Balaban J connectivity index is 1.62. The lowest BCUT2D eigenvalue weighted by atomic mass is 9.48. The summed E-state index contributed by atoms with van der Waals surface area (Å²) in [6.07, 6.45) is 3.62. The van der Waals surface area contributed by atoms with Crippen molar-refractivity contribution < 1.29 is 24.1 Å². The first-order chi connectivity index (χ1) is 13.5. The predicted octanol–water partition coefficient (Wildman–Crippen LogP) is 2.00. The Bertz CT molecular complexity index is 844. The molecule has 0 aromatic heterocycles. The third-order valence-corrected chi connectivity index (χ3v) is 8.21. The Kier molecular flexibility index (Phi) is 3.39. The van der Waals surface area contributed by atoms with Crippen molar-refractivity contribution in [3.05, 3.63) is 23.3 Å². The average molecular weight is 387 g/mol. The van der Waals surface area contributed by atoms with Crippen LogP contribution < -0.4 is 9.47 Å². The highest BCUT2D eigenvalue weighted by molar-refractivity contribution is 5.63. The van der Waals surface area contributed by atoms with E-state index in [9.17, 15) is 5.11 Å². The van der Waals surface area contributed by atoms with Crippen LogP contribution in [-0.4, -0.2) is 67.0 Å². The van der Waals surface area contributed by atoms with Crippen molar-refractivity contribution in [2.24, 2.45) is 0 Å². The Labute approximate surface area is 165 Å². The molecular weight excluding hydrogens is 358 g/mol. The molecule has 1 N–H and O–H groups in total. The Morgan fingerprint density at radius 2 is 2.11 bits per heavy atom. The molecule has 1 aromatic rings. The van der Waals surface area contributed by atoms with E-state index in [2.05, 4.69) is 24.9 Å². The zero-order valence-corrected chi connectivity index (χ0v) is 16.9. The van der Waals surface area contributed by atoms with Gasteiger partial charge in [-0.1, -0.05) is 6.07 Å². The molecule has 3 heterocycles. The highest BCUT2D eigenvalue weighted by Crippen LogP contribution is 2.67. The number of likely N-dealkylation sites (N-methyl/N-ethyl adjacent to an activating group) is 1. The summed E-state index contributed by atoms with van der Waals surface area (Å²) in [6.45, 7) is 3.70. The zero-order chi connectivity index (χ0) is 19.3. The number of piperidine rings is 1. The smallest absolute Gasteiger partial charge is 0.207 e. The molecule has 0 amide bonds. The van der Waals surface area contributed by atoms with Crippen molar-refractivity contribution >= 4 is 0 Å². The van der Waals surface area contributed by atoms with E-state index in [1.54, 1.807) is 7.11 Å². The first-order valence-corrected chi connectivity index (χ1v) is 10.6. The zero-order valence-electron chi connectivity index (χ0n) is 16.9. The van der Waals surface area contributed by atoms with Gasteiger partial charge in [0.25, 0.3) is 0 Å². The van der Waals surface area contributed by atoms with Gasteiger partial charge in [0.15, 0.2) is 17.6 Å². The minimum Gasteiger partial charge on any atom is -0.493 e. The quantitative estimate of drug-likeness (QED) is 0.795. The van der Waals surface area contributed by atoms with Crippen LogP contribution in [0.3, 0.4) is 0 Å². The Morgan fingerprint density at radius 3 is 2.89 bits per heavy atom. The number of fused-ring (bicyclic) bond motifs is 1. The molecule has 3 aliphatic heterocycles. The van der Waals surface area contributed by atoms with Crippen LogP contribution >= 0.6 is 0 Å². The molecule has 0 radical (unpaired) electrons. The normalized spacial score (nSPS) is 46.2. The van der Waals surface area contributed by atoms with E-state index in [0.29, 0.717) is 19.4 Å². The first-order valence-electron chi connectivity index (χ1n) is 10.6. The number of ether oxygens (including phenoxy) is 4. The molecule has 5 aliphatic rings. The second kappa shape index (κ2) is 5.42. The summed E-state index contributed by atoms with van der Waals surface area (Å²) in [7, 11) is 3.81. The van der Waals surface area contributed by atoms with Gasteiger partial charge in [-0.2, -0.15) is 0 Å². The lowest BCUT2D eigenvalue weighted by Gasteiger charge is -2.65. The molecule has 2 unspecified atom stereocenters. The molecule has 2 aliphatic carbocycles. The standard InChI is InChI=1S/C22H29NO5/c1-13-6-11-26-22(28-13)8-7-21(24)16-12-14-4-5-15(25-3)18-17(14)20(21,19(22)27-18)9-10-23(16)2/h4-5,13,16,19,24H,6-12H2,1-3H3/t13-,16+,19?,20-,21?,22-/m0/s1. The lowest BCUT2D eigenvalue weighted by Crippen LogP contribution is -2.79. The van der Waals surface area contributed by atoms with E-state index in [0.717, 1.165) is 42.9 Å². The second-order valence-corrected chi connectivity index (χ2v) is 9.35. The van der Waals surface area contributed by atoms with Crippen LogP contribution in [0.4, 0.5) is 0 Å². The number of hydrogen-bond acceptors (Lipinski definition) is 6. The number of rotatable bonds is 1. The molecule has 1 saturated carbocycles. The fourth-order valence-electron chi connectivity index (χ4n) is 6.96. The van der Waals surface area contributed by atoms with Gasteiger partial charge >= 0.3 is 0 Å². The molecule has 6 atom stereocenters. The molecule has 1 aromatic carbocycles. The summed E-state index contributed by atoms with van der Waals surface area (Å²) < 4.78 is 25.2. The van der Waals surface area contributed by atoms with E-state index >= 15 is 0 Å². The maximum atomic E-state index is 12.3. The Morgan fingerprint density at radius 1 is 1.25 bits per heavy atom. The van der Waals surface area contributed by atoms with Gasteiger partial charge in [-0.15, -0.1) is 0 Å². The molecule has 6 rings (SSSR count). The van der Waals surface area contributed by atoms with Gasteiger partial charge in [0, 0.05) is 18.0 Å². The minimum atomic E-state index is -0.853. The summed E-state index contributed by atoms with van der Waals surface area (Å²) in [5.41, 5.74) is 1.04. The van der Waals surface area contributed by atoms with Crippen LogP contribution in [0.25, 0.3) is 0 Å². The topological polar surface area (TPSA) is 60.4 Å². The van der Waals surface area contributed by atoms with Crippen LogP contribution in [0.5, 0.6) is 11.5 Å². The van der Waals surface area contributed by atoms with E-state index in [4.69, 9.17) is 18.9 Å². The van der Waals surface area contributed by atoms with E-state index in [1.165, 1.54) is 5.56 Å². The number of aliphatic hydroxyl groups is 1. The predicted molar refractivity (Wildman–Crippen MR) is 102 cm³/mol. The van der Waals surface area contributed by atoms with Crippen LogP contribution in [0.2, 0.25) is 0 Å². The molecule has 6 heteroatoms. The highest BCUT2D eigenvalue weighted by Gasteiger charge is 2.77.